The van der Waals surface area contributed by atoms with Crippen molar-refractivity contribution < 1.29 is 55.1 Å². The molecule has 5 aliphatic rings. The Bertz CT molecular complexity index is 1180. The molecule has 0 spiro atoms. The number of carbonyl (C=O) groups is 5. The molecule has 0 aromatic carbocycles. The number of alkyl halides is 5. The van der Waals surface area contributed by atoms with Gasteiger partial charge in [0.15, 0.2) is 0 Å². The Hall–Kier alpha value is -3.33. The number of ether oxygens (including phenoxy) is 1. The van der Waals surface area contributed by atoms with Gasteiger partial charge in [-0.15, -0.1) is 0 Å². The van der Waals surface area contributed by atoms with Gasteiger partial charge in [-0.3, -0.25) is 19.2 Å². The number of hydrogen-bond acceptors (Lipinski definition) is 6. The first-order chi connectivity index (χ1) is 20.6. The lowest BCUT2D eigenvalue weighted by Gasteiger charge is -2.54. The second-order valence-corrected chi connectivity index (χ2v) is 11.9. The molecule has 5 rings (SSSR count). The molecular weight excluding hydrogens is 602 g/mol. The summed E-state index contributed by atoms with van der Waals surface area (Å²) in [5.41, 5.74) is 0. The van der Waals surface area contributed by atoms with Crippen molar-refractivity contribution in [3.8, 4) is 0 Å². The smallest absolute Gasteiger partial charge is 0.461 e. The monoisotopic (exact) mass is 638 g/mol. The highest BCUT2D eigenvalue weighted by atomic mass is 19.4. The molecule has 0 radical (unpaired) electrons. The minimum atomic E-state index is -5.31. The predicted octanol–water partition coefficient (Wildman–Crippen LogP) is 2.67. The van der Waals surface area contributed by atoms with Crippen LogP contribution in [0.15, 0.2) is 11.9 Å². The van der Waals surface area contributed by atoms with Crippen molar-refractivity contribution >= 4 is 29.6 Å². The highest BCUT2D eigenvalue weighted by Crippen LogP contribution is 2.49. The first-order valence-corrected chi connectivity index (χ1v) is 14.8. The molecule has 10 nitrogen and oxygen atoms in total. The summed E-state index contributed by atoms with van der Waals surface area (Å²) >= 11 is 0. The molecule has 0 aromatic heterocycles. The molecule has 246 valence electrons. The first-order valence-electron chi connectivity index (χ1n) is 14.8. The molecular formula is C28H36F6N4O6. The molecule has 3 N–H and O–H groups in total. The van der Waals surface area contributed by atoms with Crippen molar-refractivity contribution in [1.29, 1.82) is 0 Å². The number of piperidine rings is 2. The Morgan fingerprint density at radius 3 is 2.34 bits per heavy atom. The summed E-state index contributed by atoms with van der Waals surface area (Å²) in [7, 11) is 0. The van der Waals surface area contributed by atoms with Crippen LogP contribution in [0.3, 0.4) is 0 Å². The summed E-state index contributed by atoms with van der Waals surface area (Å²) in [4.78, 5) is 64.4. The largest absolute Gasteiger partial charge is 0.471 e. The van der Waals surface area contributed by atoms with Crippen LogP contribution in [-0.4, -0.2) is 83.9 Å². The van der Waals surface area contributed by atoms with Crippen LogP contribution in [0.5, 0.6) is 0 Å². The highest BCUT2D eigenvalue weighted by molar-refractivity contribution is 5.94. The fourth-order valence-electron chi connectivity index (χ4n) is 6.59. The zero-order valence-corrected chi connectivity index (χ0v) is 24.1. The molecule has 2 aliphatic carbocycles. The number of nitrogens with one attached hydrogen (secondary N) is 3. The van der Waals surface area contributed by atoms with E-state index in [1.165, 1.54) is 6.92 Å². The topological polar surface area (TPSA) is 134 Å². The summed E-state index contributed by atoms with van der Waals surface area (Å²) in [6, 6.07) is -6.15. The maximum atomic E-state index is 15.2. The molecule has 0 aromatic rings. The van der Waals surface area contributed by atoms with Crippen molar-refractivity contribution in [2.75, 3.05) is 13.2 Å². The van der Waals surface area contributed by atoms with Crippen molar-refractivity contribution in [2.24, 2.45) is 17.8 Å². The number of fused-ring (bicyclic) bond motifs is 3. The summed E-state index contributed by atoms with van der Waals surface area (Å²) in [6.45, 7) is 1.58. The zero-order chi connectivity index (χ0) is 32.4. The van der Waals surface area contributed by atoms with Gasteiger partial charge in [-0.2, -0.15) is 17.6 Å². The second kappa shape index (κ2) is 13.3. The molecule has 6 atom stereocenters. The van der Waals surface area contributed by atoms with E-state index in [1.807, 2.05) is 0 Å². The number of esters is 1. The van der Waals surface area contributed by atoms with E-state index in [0.717, 1.165) is 11.3 Å². The molecule has 0 unspecified atom stereocenters. The lowest BCUT2D eigenvalue weighted by Crippen LogP contribution is -2.71. The van der Waals surface area contributed by atoms with Gasteiger partial charge in [0.05, 0.1) is 18.6 Å². The normalized spacial score (nSPS) is 28.0. The number of nitrogens with zero attached hydrogens (tertiary/aromatic N) is 1. The first kappa shape index (κ1) is 33.6. The minimum Gasteiger partial charge on any atom is -0.461 e. The van der Waals surface area contributed by atoms with Gasteiger partial charge in [0.1, 0.15) is 12.1 Å². The highest BCUT2D eigenvalue weighted by Gasteiger charge is 2.61. The summed E-state index contributed by atoms with van der Waals surface area (Å²) in [5.74, 6) is -13.7. The van der Waals surface area contributed by atoms with E-state index in [0.29, 0.717) is 31.9 Å². The van der Waals surface area contributed by atoms with Crippen LogP contribution in [0.2, 0.25) is 0 Å². The minimum absolute atomic E-state index is 0.0577. The Labute approximate surface area is 249 Å². The maximum Gasteiger partial charge on any atom is 0.471 e. The number of hydrogen-bond donors (Lipinski definition) is 3. The molecule has 44 heavy (non-hydrogen) atoms. The SMILES string of the molecule is CCOC(=O)/C(F)=C\[C@@H](C[C@H]1CCNC1=O)NC(=O)[C@H]1[C@H]2CC[C@H](CC2(F)F)N1C(=O)[C@H](CC1CCC1)NC(=O)C(F)(F)F. The molecule has 3 saturated heterocycles. The molecule has 2 bridgehead atoms. The Morgan fingerprint density at radius 2 is 1.80 bits per heavy atom. The van der Waals surface area contributed by atoms with Crippen molar-refractivity contribution in [3.05, 3.63) is 11.9 Å². The Morgan fingerprint density at radius 1 is 1.09 bits per heavy atom. The second-order valence-electron chi connectivity index (χ2n) is 11.9. The van der Waals surface area contributed by atoms with Crippen molar-refractivity contribution in [1.82, 2.24) is 20.9 Å². The number of amides is 4. The van der Waals surface area contributed by atoms with Crippen molar-refractivity contribution in [3.63, 3.8) is 0 Å². The number of halogens is 6. The van der Waals surface area contributed by atoms with E-state index in [2.05, 4.69) is 15.4 Å². The van der Waals surface area contributed by atoms with Gasteiger partial charge in [-0.25, -0.2) is 13.6 Å². The van der Waals surface area contributed by atoms with Gasteiger partial charge < -0.3 is 25.6 Å². The van der Waals surface area contributed by atoms with E-state index in [-0.39, 0.29) is 38.2 Å². The Balaban J connectivity index is 1.64. The third kappa shape index (κ3) is 7.48. The predicted molar refractivity (Wildman–Crippen MR) is 140 cm³/mol. The van der Waals surface area contributed by atoms with Crippen LogP contribution in [0.25, 0.3) is 0 Å². The quantitative estimate of drug-likeness (QED) is 0.181. The summed E-state index contributed by atoms with van der Waals surface area (Å²) in [5, 5.41) is 6.69. The Kier molecular flexibility index (Phi) is 10.2. The van der Waals surface area contributed by atoms with E-state index < -0.39 is 89.9 Å². The molecule has 5 fully saturated rings. The molecule has 16 heteroatoms. The van der Waals surface area contributed by atoms with Crippen LogP contribution in [0, 0.1) is 17.8 Å². The third-order valence-corrected chi connectivity index (χ3v) is 8.96. The van der Waals surface area contributed by atoms with E-state index in [4.69, 9.17) is 0 Å². The van der Waals surface area contributed by atoms with E-state index in [9.17, 15) is 41.5 Å². The van der Waals surface area contributed by atoms with Crippen LogP contribution in [-0.2, 0) is 28.7 Å². The fourth-order valence-corrected chi connectivity index (χ4v) is 6.59. The average Bonchev–Trinajstić information content (AvgIpc) is 3.31. The van der Waals surface area contributed by atoms with Crippen LogP contribution in [0.4, 0.5) is 26.3 Å². The van der Waals surface area contributed by atoms with Gasteiger partial charge in [0.2, 0.25) is 23.5 Å². The van der Waals surface area contributed by atoms with Gasteiger partial charge in [-0.05, 0) is 51.0 Å². The molecule has 3 heterocycles. The summed E-state index contributed by atoms with van der Waals surface area (Å²) in [6.07, 6.45) is -3.60. The lowest BCUT2D eigenvalue weighted by molar-refractivity contribution is -0.196. The van der Waals surface area contributed by atoms with Gasteiger partial charge >= 0.3 is 18.1 Å². The number of carbonyl (C=O) groups excluding carboxylic acids is 5. The van der Waals surface area contributed by atoms with E-state index in [1.54, 1.807) is 5.32 Å². The maximum absolute atomic E-state index is 15.2. The average molecular weight is 639 g/mol. The van der Waals surface area contributed by atoms with Gasteiger partial charge in [0.25, 0.3) is 5.92 Å². The molecule has 4 amide bonds. The van der Waals surface area contributed by atoms with Crippen LogP contribution >= 0.6 is 0 Å². The van der Waals surface area contributed by atoms with Gasteiger partial charge in [-0.1, -0.05) is 19.3 Å². The molecule has 3 aliphatic heterocycles. The standard InChI is InChI=1S/C28H36F6N4O6/c1-2-44-25(42)19(29)12-16(11-15-8-9-35-22(15)39)36-23(40)21-18-7-6-17(13-27(18,30)31)38(21)24(41)20(10-14-4-3-5-14)37-26(43)28(32,33)34/h12,14-18,20-21H,2-11,13H2,1H3,(H,35,39)(H,36,40)(H,37,43)/b19-12+/t15-,16-,17-,18-,20+,21-/m1/s1. The van der Waals surface area contributed by atoms with E-state index >= 15 is 8.78 Å². The molecule has 2 saturated carbocycles. The zero-order valence-electron chi connectivity index (χ0n) is 24.1. The van der Waals surface area contributed by atoms with Crippen molar-refractivity contribution in [2.45, 2.75) is 101 Å². The third-order valence-electron chi connectivity index (χ3n) is 8.96. The van der Waals surface area contributed by atoms with Crippen LogP contribution < -0.4 is 16.0 Å². The van der Waals surface area contributed by atoms with Gasteiger partial charge in [0, 0.05) is 24.9 Å². The summed E-state index contributed by atoms with van der Waals surface area (Å²) < 4.78 is 89.1. The van der Waals surface area contributed by atoms with Crippen LogP contribution in [0.1, 0.15) is 64.7 Å². The lowest BCUT2D eigenvalue weighted by atomic mass is 9.71. The number of rotatable bonds is 11. The fraction of sp³-hybridized carbons (Fsp3) is 0.750.